The van der Waals surface area contributed by atoms with Crippen LogP contribution in [0.1, 0.15) is 0 Å². The zero-order chi connectivity index (χ0) is 20.3. The van der Waals surface area contributed by atoms with Crippen molar-refractivity contribution in [3.63, 3.8) is 0 Å². The molecule has 0 aliphatic carbocycles. The van der Waals surface area contributed by atoms with Crippen LogP contribution in [0.3, 0.4) is 0 Å². The number of amides is 2. The molecule has 0 spiro atoms. The largest absolute Gasteiger partial charge is 0.486 e. The van der Waals surface area contributed by atoms with Gasteiger partial charge in [-0.3, -0.25) is 9.59 Å². The third kappa shape index (κ3) is 4.24. The number of carbonyl (C=O) groups is 2. The molecule has 2 aromatic carbocycles. The molecular weight excluding hydrogens is 386 g/mol. The number of rotatable bonds is 4. The lowest BCUT2D eigenvalue weighted by atomic mass is 10.2. The third-order valence-corrected chi connectivity index (χ3v) is 5.73. The van der Waals surface area contributed by atoms with Gasteiger partial charge >= 0.3 is 11.8 Å². The third-order valence-electron chi connectivity index (χ3n) is 3.90. The van der Waals surface area contributed by atoms with E-state index in [9.17, 15) is 18.0 Å². The molecule has 0 radical (unpaired) electrons. The molecule has 2 N–H and O–H groups in total. The molecule has 28 heavy (non-hydrogen) atoms. The average Bonchev–Trinajstić information content (AvgIpc) is 2.68. The summed E-state index contributed by atoms with van der Waals surface area (Å²) in [5.41, 5.74) is 0.678. The number of benzene rings is 2. The summed E-state index contributed by atoms with van der Waals surface area (Å²) in [5, 5.41) is 4.89. The maximum Gasteiger partial charge on any atom is 0.314 e. The van der Waals surface area contributed by atoms with Crippen LogP contribution in [0.15, 0.2) is 47.4 Å². The molecule has 1 aliphatic rings. The molecule has 1 heterocycles. The second-order valence-electron chi connectivity index (χ2n) is 6.08. The Labute approximate surface area is 162 Å². The smallest absolute Gasteiger partial charge is 0.314 e. The van der Waals surface area contributed by atoms with Crippen LogP contribution in [0.2, 0.25) is 0 Å². The minimum Gasteiger partial charge on any atom is -0.486 e. The van der Waals surface area contributed by atoms with Crippen LogP contribution in [-0.4, -0.2) is 51.8 Å². The highest BCUT2D eigenvalue weighted by Crippen LogP contribution is 2.32. The number of carbonyl (C=O) groups excluding carboxylic acids is 2. The van der Waals surface area contributed by atoms with Crippen LogP contribution in [-0.2, 0) is 19.6 Å². The van der Waals surface area contributed by atoms with Crippen LogP contribution in [0.25, 0.3) is 0 Å². The van der Waals surface area contributed by atoms with Crippen molar-refractivity contribution in [2.45, 2.75) is 4.90 Å². The zero-order valence-electron chi connectivity index (χ0n) is 15.3. The predicted molar refractivity (Wildman–Crippen MR) is 102 cm³/mol. The lowest BCUT2D eigenvalue weighted by Gasteiger charge is -2.18. The SMILES string of the molecule is CN(C)S(=O)(=O)c1ccc(NC(=O)C(=O)Nc2ccc3c(c2)OCCO3)cc1. The first-order valence-electron chi connectivity index (χ1n) is 8.32. The van der Waals surface area contributed by atoms with Gasteiger partial charge in [0.15, 0.2) is 11.5 Å². The molecule has 10 heteroatoms. The average molecular weight is 405 g/mol. The summed E-state index contributed by atoms with van der Waals surface area (Å²) in [6.45, 7) is 0.861. The highest BCUT2D eigenvalue weighted by atomic mass is 32.2. The maximum absolute atomic E-state index is 12.1. The van der Waals surface area contributed by atoms with Crippen molar-refractivity contribution >= 4 is 33.2 Å². The van der Waals surface area contributed by atoms with Crippen LogP contribution in [0.4, 0.5) is 11.4 Å². The number of ether oxygens (including phenoxy) is 2. The number of fused-ring (bicyclic) bond motifs is 1. The Morgan fingerprint density at radius 1 is 0.857 bits per heavy atom. The highest BCUT2D eigenvalue weighted by molar-refractivity contribution is 7.89. The van der Waals surface area contributed by atoms with Gasteiger partial charge in [0.25, 0.3) is 0 Å². The summed E-state index contributed by atoms with van der Waals surface area (Å²) in [6, 6.07) is 10.3. The molecule has 9 nitrogen and oxygen atoms in total. The molecule has 2 aromatic rings. The number of nitrogens with zero attached hydrogens (tertiary/aromatic N) is 1. The van der Waals surface area contributed by atoms with Crippen molar-refractivity contribution in [3.05, 3.63) is 42.5 Å². The minimum atomic E-state index is -3.57. The fourth-order valence-electron chi connectivity index (χ4n) is 2.42. The van der Waals surface area contributed by atoms with Crippen molar-refractivity contribution in [2.75, 3.05) is 37.9 Å². The second kappa shape index (κ2) is 7.87. The van der Waals surface area contributed by atoms with E-state index in [1.165, 1.54) is 38.4 Å². The van der Waals surface area contributed by atoms with Gasteiger partial charge in [-0.05, 0) is 36.4 Å². The summed E-state index contributed by atoms with van der Waals surface area (Å²) in [5.74, 6) is -0.705. The van der Waals surface area contributed by atoms with E-state index in [1.54, 1.807) is 18.2 Å². The Bertz CT molecular complexity index is 1000. The topological polar surface area (TPSA) is 114 Å². The Balaban J connectivity index is 1.64. The number of nitrogens with one attached hydrogen (secondary N) is 2. The van der Waals surface area contributed by atoms with E-state index >= 15 is 0 Å². The predicted octanol–water partition coefficient (Wildman–Crippen LogP) is 1.29. The summed E-state index contributed by atoms with van der Waals surface area (Å²) in [7, 11) is -0.720. The fraction of sp³-hybridized carbons (Fsp3) is 0.222. The van der Waals surface area contributed by atoms with Gasteiger partial charge in [0.2, 0.25) is 10.0 Å². The van der Waals surface area contributed by atoms with E-state index < -0.39 is 21.8 Å². The van der Waals surface area contributed by atoms with Crippen LogP contribution < -0.4 is 20.1 Å². The molecule has 1 aliphatic heterocycles. The van der Waals surface area contributed by atoms with E-state index in [4.69, 9.17) is 9.47 Å². The first-order valence-corrected chi connectivity index (χ1v) is 9.76. The molecule has 0 fully saturated rings. The quantitative estimate of drug-likeness (QED) is 0.741. The number of anilines is 2. The fourth-order valence-corrected chi connectivity index (χ4v) is 3.32. The Morgan fingerprint density at radius 2 is 1.39 bits per heavy atom. The standard InChI is InChI=1S/C18H19N3O6S/c1-21(2)28(24,25)14-6-3-12(4-7-14)19-17(22)18(23)20-13-5-8-15-16(11-13)27-10-9-26-15/h3-8,11H,9-10H2,1-2H3,(H,19,22)(H,20,23). The van der Waals surface area contributed by atoms with Crippen molar-refractivity contribution in [1.29, 1.82) is 0 Å². The molecule has 0 saturated carbocycles. The van der Waals surface area contributed by atoms with Crippen molar-refractivity contribution in [1.82, 2.24) is 4.31 Å². The molecule has 0 atom stereocenters. The maximum atomic E-state index is 12.1. The van der Waals surface area contributed by atoms with Crippen molar-refractivity contribution in [3.8, 4) is 11.5 Å². The molecule has 148 valence electrons. The summed E-state index contributed by atoms with van der Waals surface area (Å²) < 4.78 is 36.0. The van der Waals surface area contributed by atoms with Crippen LogP contribution in [0, 0.1) is 0 Å². The summed E-state index contributed by atoms with van der Waals surface area (Å²) >= 11 is 0. The highest BCUT2D eigenvalue weighted by Gasteiger charge is 2.19. The van der Waals surface area contributed by atoms with E-state index in [0.29, 0.717) is 36.1 Å². The first-order chi connectivity index (χ1) is 13.3. The molecule has 2 amide bonds. The molecule has 0 saturated heterocycles. The van der Waals surface area contributed by atoms with Gasteiger partial charge in [-0.1, -0.05) is 0 Å². The Morgan fingerprint density at radius 3 is 2.00 bits per heavy atom. The van der Waals surface area contributed by atoms with Gasteiger partial charge in [0.1, 0.15) is 13.2 Å². The van der Waals surface area contributed by atoms with Gasteiger partial charge < -0.3 is 20.1 Å². The molecule has 3 rings (SSSR count). The second-order valence-corrected chi connectivity index (χ2v) is 8.23. The number of hydrogen-bond donors (Lipinski definition) is 2. The molecular formula is C18H19N3O6S. The minimum absolute atomic E-state index is 0.0798. The van der Waals surface area contributed by atoms with Gasteiger partial charge in [0, 0.05) is 31.5 Å². The summed E-state index contributed by atoms with van der Waals surface area (Å²) in [4.78, 5) is 24.3. The van der Waals surface area contributed by atoms with Gasteiger partial charge in [-0.25, -0.2) is 12.7 Å². The van der Waals surface area contributed by atoms with E-state index in [-0.39, 0.29) is 4.90 Å². The first kappa shape index (κ1) is 19.6. The Hall–Kier alpha value is -3.11. The zero-order valence-corrected chi connectivity index (χ0v) is 16.1. The van der Waals surface area contributed by atoms with Crippen molar-refractivity contribution < 1.29 is 27.5 Å². The van der Waals surface area contributed by atoms with Gasteiger partial charge in [-0.15, -0.1) is 0 Å². The normalized spacial score (nSPS) is 13.1. The van der Waals surface area contributed by atoms with Gasteiger partial charge in [-0.2, -0.15) is 0 Å². The summed E-state index contributed by atoms with van der Waals surface area (Å²) in [6.07, 6.45) is 0. The molecule has 0 unspecified atom stereocenters. The lowest BCUT2D eigenvalue weighted by Crippen LogP contribution is -2.29. The Kier molecular flexibility index (Phi) is 5.52. The lowest BCUT2D eigenvalue weighted by molar-refractivity contribution is -0.133. The van der Waals surface area contributed by atoms with E-state index in [0.717, 1.165) is 4.31 Å². The number of sulfonamides is 1. The monoisotopic (exact) mass is 405 g/mol. The molecule has 0 bridgehead atoms. The van der Waals surface area contributed by atoms with E-state index in [1.807, 2.05) is 0 Å². The number of hydrogen-bond acceptors (Lipinski definition) is 6. The van der Waals surface area contributed by atoms with Crippen LogP contribution in [0.5, 0.6) is 11.5 Å². The van der Waals surface area contributed by atoms with Crippen LogP contribution >= 0.6 is 0 Å². The molecule has 0 aromatic heterocycles. The van der Waals surface area contributed by atoms with Gasteiger partial charge in [0.05, 0.1) is 4.90 Å². The van der Waals surface area contributed by atoms with Crippen molar-refractivity contribution in [2.24, 2.45) is 0 Å². The van der Waals surface area contributed by atoms with E-state index in [2.05, 4.69) is 10.6 Å².